The molecule has 11 heteroatoms. The van der Waals surface area contributed by atoms with Gasteiger partial charge < -0.3 is 10.4 Å². The number of amides is 1. The first kappa shape index (κ1) is 22.4. The van der Waals surface area contributed by atoms with Crippen LogP contribution in [0.15, 0.2) is 42.5 Å². The predicted molar refractivity (Wildman–Crippen MR) is 97.7 cm³/mol. The zero-order valence-electron chi connectivity index (χ0n) is 15.6. The Morgan fingerprint density at radius 1 is 1.03 bits per heavy atom. The predicted octanol–water partition coefficient (Wildman–Crippen LogP) is 5.88. The third-order valence-electron chi connectivity index (χ3n) is 4.61. The summed E-state index contributed by atoms with van der Waals surface area (Å²) in [7, 11) is 0. The van der Waals surface area contributed by atoms with Crippen LogP contribution in [0.3, 0.4) is 0 Å². The van der Waals surface area contributed by atoms with Gasteiger partial charge in [-0.25, -0.2) is 9.18 Å². The van der Waals surface area contributed by atoms with Crippen LogP contribution in [0.1, 0.15) is 28.7 Å². The molecule has 0 spiro atoms. The highest BCUT2D eigenvalue weighted by Crippen LogP contribution is 2.37. The Labute approximate surface area is 171 Å². The molecule has 0 aromatic heterocycles. The van der Waals surface area contributed by atoms with Crippen molar-refractivity contribution in [1.82, 2.24) is 5.32 Å². The van der Waals surface area contributed by atoms with Crippen molar-refractivity contribution in [3.63, 3.8) is 0 Å². The van der Waals surface area contributed by atoms with Gasteiger partial charge in [0, 0.05) is 18.8 Å². The van der Waals surface area contributed by atoms with Crippen LogP contribution in [-0.4, -0.2) is 17.7 Å². The molecule has 0 radical (unpaired) electrons. The Morgan fingerprint density at radius 2 is 1.65 bits per heavy atom. The van der Waals surface area contributed by atoms with E-state index < -0.39 is 41.9 Å². The number of anilines is 1. The molecule has 0 bridgehead atoms. The molecule has 31 heavy (non-hydrogen) atoms. The number of fused-ring (bicyclic) bond motifs is 1. The molecular weight excluding hydrogens is 433 g/mol. The first-order valence-corrected chi connectivity index (χ1v) is 8.89. The zero-order valence-corrected chi connectivity index (χ0v) is 15.6. The Balaban J connectivity index is 1.96. The molecule has 0 unspecified atom stereocenters. The molecule has 4 nitrogen and oxygen atoms in total. The summed E-state index contributed by atoms with van der Waals surface area (Å²) < 4.78 is 92.8. The molecule has 1 amide bonds. The van der Waals surface area contributed by atoms with Crippen LogP contribution in [-0.2, 0) is 18.9 Å². The number of hydrogen-bond acceptors (Lipinski definition) is 2. The molecule has 2 N–H and O–H groups in total. The van der Waals surface area contributed by atoms with Crippen molar-refractivity contribution in [3.8, 4) is 0 Å². The molecule has 2 aromatic rings. The van der Waals surface area contributed by atoms with Crippen molar-refractivity contribution in [3.05, 3.63) is 70.5 Å². The number of rotatable bonds is 3. The molecule has 0 aliphatic carbocycles. The Bertz CT molecular complexity index is 997. The second kappa shape index (κ2) is 8.12. The van der Waals surface area contributed by atoms with Crippen LogP contribution in [0, 0.1) is 5.82 Å². The lowest BCUT2D eigenvalue weighted by Gasteiger charge is -2.21. The second-order valence-electron chi connectivity index (χ2n) is 6.74. The van der Waals surface area contributed by atoms with E-state index in [2.05, 4.69) is 5.32 Å². The number of carboxylic acid groups (broad SMARTS) is 1. The molecule has 0 atom stereocenters. The summed E-state index contributed by atoms with van der Waals surface area (Å²) in [6, 6.07) is 4.91. The summed E-state index contributed by atoms with van der Waals surface area (Å²) in [5.74, 6) is -0.788. The lowest BCUT2D eigenvalue weighted by atomic mass is 10.0. The summed E-state index contributed by atoms with van der Waals surface area (Å²) in [6.45, 7) is -0.474. The van der Waals surface area contributed by atoms with E-state index in [1.54, 1.807) is 0 Å². The van der Waals surface area contributed by atoms with Gasteiger partial charge in [0.15, 0.2) is 0 Å². The van der Waals surface area contributed by atoms with Crippen molar-refractivity contribution < 1.29 is 40.6 Å². The third kappa shape index (κ3) is 4.92. The van der Waals surface area contributed by atoms with Gasteiger partial charge in [0.25, 0.3) is 0 Å². The van der Waals surface area contributed by atoms with Gasteiger partial charge in [0.1, 0.15) is 5.82 Å². The van der Waals surface area contributed by atoms with Gasteiger partial charge in [-0.1, -0.05) is 12.1 Å². The van der Waals surface area contributed by atoms with E-state index in [0.717, 1.165) is 11.0 Å². The molecule has 166 valence electrons. The fourth-order valence-corrected chi connectivity index (χ4v) is 3.24. The van der Waals surface area contributed by atoms with Crippen molar-refractivity contribution >= 4 is 17.5 Å². The molecule has 2 aromatic carbocycles. The van der Waals surface area contributed by atoms with Crippen molar-refractivity contribution in [2.24, 2.45) is 0 Å². The Hall–Kier alpha value is -3.24. The summed E-state index contributed by atoms with van der Waals surface area (Å²) in [4.78, 5) is 12.4. The van der Waals surface area contributed by atoms with Gasteiger partial charge in [0.2, 0.25) is 0 Å². The quantitative estimate of drug-likeness (QED) is 0.577. The molecule has 1 aliphatic rings. The number of nitrogens with one attached hydrogen (secondary N) is 1. The van der Waals surface area contributed by atoms with Crippen LogP contribution in [0.5, 0.6) is 0 Å². The molecule has 1 aliphatic heterocycles. The molecule has 0 fully saturated rings. The van der Waals surface area contributed by atoms with E-state index in [1.165, 1.54) is 18.2 Å². The van der Waals surface area contributed by atoms with Crippen LogP contribution in [0.2, 0.25) is 0 Å². The minimum absolute atomic E-state index is 0.00124. The monoisotopic (exact) mass is 448 g/mol. The summed E-state index contributed by atoms with van der Waals surface area (Å²) in [5.41, 5.74) is -3.28. The molecule has 3 rings (SSSR count). The SMILES string of the molecule is O=C(O)N1CCC=C(NCc2cc(C(F)(F)F)cc(C(F)(F)F)c2)c2c(F)cccc21. The van der Waals surface area contributed by atoms with Crippen molar-refractivity contribution in [2.45, 2.75) is 25.3 Å². The van der Waals surface area contributed by atoms with E-state index in [4.69, 9.17) is 0 Å². The average molecular weight is 448 g/mol. The lowest BCUT2D eigenvalue weighted by Crippen LogP contribution is -2.30. The summed E-state index contributed by atoms with van der Waals surface area (Å²) in [6.07, 6.45) is -9.70. The molecule has 1 heterocycles. The maximum absolute atomic E-state index is 14.5. The Kier molecular flexibility index (Phi) is 5.88. The summed E-state index contributed by atoms with van der Waals surface area (Å²) in [5, 5.41) is 12.0. The highest BCUT2D eigenvalue weighted by Gasteiger charge is 2.37. The minimum Gasteiger partial charge on any atom is -0.465 e. The molecular formula is C20H15F7N2O2. The summed E-state index contributed by atoms with van der Waals surface area (Å²) >= 11 is 0. The van der Waals surface area contributed by atoms with E-state index in [0.29, 0.717) is 12.1 Å². The first-order valence-electron chi connectivity index (χ1n) is 8.89. The highest BCUT2D eigenvalue weighted by atomic mass is 19.4. The van der Waals surface area contributed by atoms with Crippen LogP contribution in [0.4, 0.5) is 41.2 Å². The fourth-order valence-electron chi connectivity index (χ4n) is 3.24. The highest BCUT2D eigenvalue weighted by molar-refractivity contribution is 5.92. The van der Waals surface area contributed by atoms with E-state index in [-0.39, 0.29) is 41.5 Å². The number of halogens is 7. The lowest BCUT2D eigenvalue weighted by molar-refractivity contribution is -0.143. The van der Waals surface area contributed by atoms with Gasteiger partial charge >= 0.3 is 18.4 Å². The number of hydrogen-bond donors (Lipinski definition) is 2. The normalized spacial score (nSPS) is 14.5. The number of nitrogens with zero attached hydrogens (tertiary/aromatic N) is 1. The maximum Gasteiger partial charge on any atom is 0.416 e. The number of alkyl halides is 6. The van der Waals surface area contributed by atoms with E-state index in [1.807, 2.05) is 0 Å². The maximum atomic E-state index is 14.5. The van der Waals surface area contributed by atoms with Gasteiger partial charge in [0.05, 0.1) is 22.4 Å². The molecule has 0 saturated heterocycles. The van der Waals surface area contributed by atoms with Crippen LogP contribution >= 0.6 is 0 Å². The minimum atomic E-state index is -4.99. The van der Waals surface area contributed by atoms with Crippen LogP contribution in [0.25, 0.3) is 5.70 Å². The van der Waals surface area contributed by atoms with Crippen molar-refractivity contribution in [1.29, 1.82) is 0 Å². The van der Waals surface area contributed by atoms with Gasteiger partial charge in [-0.15, -0.1) is 0 Å². The van der Waals surface area contributed by atoms with Crippen LogP contribution < -0.4 is 10.2 Å². The van der Waals surface area contributed by atoms with Gasteiger partial charge in [-0.3, -0.25) is 4.90 Å². The average Bonchev–Trinajstić information content (AvgIpc) is 2.85. The molecule has 0 saturated carbocycles. The topological polar surface area (TPSA) is 52.6 Å². The number of carbonyl (C=O) groups is 1. The standard InChI is InChI=1S/C20H15F7N2O2/c21-14-3-1-5-16-17(14)15(4-2-6-29(16)18(30)31)28-10-11-7-12(19(22,23)24)9-13(8-11)20(25,26)27/h1,3-5,7-9,28H,2,6,10H2,(H,30,31). The third-order valence-corrected chi connectivity index (χ3v) is 4.61. The van der Waals surface area contributed by atoms with E-state index in [9.17, 15) is 40.6 Å². The van der Waals surface area contributed by atoms with Gasteiger partial charge in [-0.05, 0) is 42.3 Å². The Morgan fingerprint density at radius 3 is 2.19 bits per heavy atom. The van der Waals surface area contributed by atoms with Crippen molar-refractivity contribution in [2.75, 3.05) is 11.4 Å². The van der Waals surface area contributed by atoms with Gasteiger partial charge in [-0.2, -0.15) is 26.3 Å². The number of benzene rings is 2. The second-order valence-corrected chi connectivity index (χ2v) is 6.74. The smallest absolute Gasteiger partial charge is 0.416 e. The zero-order chi connectivity index (χ0) is 23.0. The first-order chi connectivity index (χ1) is 14.4. The fraction of sp³-hybridized carbons (Fsp3) is 0.250. The largest absolute Gasteiger partial charge is 0.465 e. The van der Waals surface area contributed by atoms with E-state index >= 15 is 0 Å².